The molecule has 0 aromatic heterocycles. The van der Waals surface area contributed by atoms with Crippen LogP contribution in [0, 0.1) is 0 Å². The largest absolute Gasteiger partial charge is 0.328 e. The minimum absolute atomic E-state index is 0.0128. The topological polar surface area (TPSA) is 32.3 Å². The fourth-order valence-corrected chi connectivity index (χ4v) is 4.59. The number of benzene rings is 4. The van der Waals surface area contributed by atoms with Crippen LogP contribution in [-0.2, 0) is 4.79 Å². The lowest BCUT2D eigenvalue weighted by molar-refractivity contribution is -0.126. The summed E-state index contributed by atoms with van der Waals surface area (Å²) >= 11 is 0. The molecule has 4 aromatic rings. The molecule has 0 radical (unpaired) electrons. The highest BCUT2D eigenvalue weighted by atomic mass is 16.2. The molecule has 1 fully saturated rings. The van der Waals surface area contributed by atoms with Crippen LogP contribution in [0.2, 0.25) is 0 Å². The van der Waals surface area contributed by atoms with Crippen molar-refractivity contribution in [2.45, 2.75) is 12.1 Å². The summed E-state index contributed by atoms with van der Waals surface area (Å²) in [4.78, 5) is 14.2. The zero-order valence-electron chi connectivity index (χ0n) is 18.1. The van der Waals surface area contributed by atoms with Gasteiger partial charge in [-0.3, -0.25) is 10.1 Å². The summed E-state index contributed by atoms with van der Waals surface area (Å²) in [5.41, 5.74) is 7.12. The maximum absolute atomic E-state index is 12.4. The summed E-state index contributed by atoms with van der Waals surface area (Å²) in [6, 6.07) is 38.2. The molecule has 1 aliphatic rings. The monoisotopic (exact) mass is 418 g/mol. The van der Waals surface area contributed by atoms with Crippen LogP contribution < -0.4 is 5.32 Å². The van der Waals surface area contributed by atoms with E-state index in [1.54, 1.807) is 0 Å². The van der Waals surface area contributed by atoms with Crippen molar-refractivity contribution < 1.29 is 4.79 Å². The molecule has 32 heavy (non-hydrogen) atoms. The van der Waals surface area contributed by atoms with Gasteiger partial charge < -0.3 is 4.90 Å². The molecule has 3 heteroatoms. The molecule has 1 N–H and O–H groups in total. The number of carbonyl (C=O) groups is 1. The second-order valence-corrected chi connectivity index (χ2v) is 8.29. The standard InChI is InChI=1S/C29H26N2O/c1-31-27(32)20-30-29(31)28(25-16-8-14-23(18-25)21-10-4-2-5-11-21)26-17-9-15-24(19-26)22-12-6-3-7-13-22/h2-19,28-30H,20H2,1H3/t29-/m0/s1. The molecule has 5 rings (SSSR count). The minimum Gasteiger partial charge on any atom is -0.328 e. The summed E-state index contributed by atoms with van der Waals surface area (Å²) in [5.74, 6) is 0.136. The number of amides is 1. The van der Waals surface area contributed by atoms with Crippen molar-refractivity contribution in [2.24, 2.45) is 0 Å². The van der Waals surface area contributed by atoms with E-state index in [2.05, 4.69) is 102 Å². The number of nitrogens with zero attached hydrogens (tertiary/aromatic N) is 1. The Hall–Kier alpha value is -3.69. The predicted octanol–water partition coefficient (Wildman–Crippen LogP) is 5.54. The van der Waals surface area contributed by atoms with Gasteiger partial charge in [0.2, 0.25) is 5.91 Å². The summed E-state index contributed by atoms with van der Waals surface area (Å²) in [7, 11) is 1.89. The summed E-state index contributed by atoms with van der Waals surface area (Å²) in [6.45, 7) is 0.369. The molecular weight excluding hydrogens is 392 g/mol. The molecule has 1 aliphatic heterocycles. The highest BCUT2D eigenvalue weighted by Crippen LogP contribution is 2.35. The Morgan fingerprint density at radius 1 is 0.688 bits per heavy atom. The van der Waals surface area contributed by atoms with Crippen molar-refractivity contribution in [1.29, 1.82) is 0 Å². The van der Waals surface area contributed by atoms with Crippen LogP contribution >= 0.6 is 0 Å². The van der Waals surface area contributed by atoms with E-state index in [9.17, 15) is 4.79 Å². The third-order valence-electron chi connectivity index (χ3n) is 6.29. The Kier molecular flexibility index (Phi) is 5.57. The molecule has 1 saturated heterocycles. The first-order valence-electron chi connectivity index (χ1n) is 11.0. The van der Waals surface area contributed by atoms with Crippen LogP contribution in [0.4, 0.5) is 0 Å². The van der Waals surface area contributed by atoms with Crippen molar-refractivity contribution in [3.05, 3.63) is 120 Å². The third kappa shape index (κ3) is 3.95. The van der Waals surface area contributed by atoms with Crippen LogP contribution in [-0.4, -0.2) is 30.6 Å². The predicted molar refractivity (Wildman–Crippen MR) is 130 cm³/mol. The minimum atomic E-state index is -0.0976. The van der Waals surface area contributed by atoms with Crippen LogP contribution in [0.3, 0.4) is 0 Å². The molecule has 0 aliphatic carbocycles. The van der Waals surface area contributed by atoms with Gasteiger partial charge in [-0.2, -0.15) is 0 Å². The lowest BCUT2D eigenvalue weighted by atomic mass is 9.85. The van der Waals surface area contributed by atoms with E-state index < -0.39 is 0 Å². The molecule has 158 valence electrons. The van der Waals surface area contributed by atoms with Gasteiger partial charge in [0.05, 0.1) is 12.7 Å². The Morgan fingerprint density at radius 3 is 1.59 bits per heavy atom. The molecule has 0 spiro atoms. The zero-order chi connectivity index (χ0) is 21.9. The van der Waals surface area contributed by atoms with Gasteiger partial charge in [-0.25, -0.2) is 0 Å². The average molecular weight is 419 g/mol. The maximum atomic E-state index is 12.4. The number of hydrogen-bond donors (Lipinski definition) is 1. The molecule has 0 unspecified atom stereocenters. The first-order valence-corrected chi connectivity index (χ1v) is 11.0. The van der Waals surface area contributed by atoms with Crippen molar-refractivity contribution in [3.8, 4) is 22.3 Å². The van der Waals surface area contributed by atoms with E-state index in [-0.39, 0.29) is 18.0 Å². The first-order chi connectivity index (χ1) is 15.7. The quantitative estimate of drug-likeness (QED) is 0.461. The van der Waals surface area contributed by atoms with Gasteiger partial charge in [0.25, 0.3) is 0 Å². The fraction of sp³-hybridized carbons (Fsp3) is 0.138. The summed E-state index contributed by atoms with van der Waals surface area (Å²) < 4.78 is 0. The summed E-state index contributed by atoms with van der Waals surface area (Å²) in [5, 5.41) is 3.45. The van der Waals surface area contributed by atoms with Crippen molar-refractivity contribution in [2.75, 3.05) is 13.6 Å². The van der Waals surface area contributed by atoms with E-state index in [0.717, 1.165) is 0 Å². The van der Waals surface area contributed by atoms with E-state index in [1.807, 2.05) is 24.1 Å². The Balaban J connectivity index is 1.61. The lowest BCUT2D eigenvalue weighted by Crippen LogP contribution is -2.40. The SMILES string of the molecule is CN1C(=O)CN[C@@H]1C(c1cccc(-c2ccccc2)c1)c1cccc(-c2ccccc2)c1. The highest BCUT2D eigenvalue weighted by molar-refractivity contribution is 5.80. The molecule has 1 amide bonds. The molecule has 4 aromatic carbocycles. The van der Waals surface area contributed by atoms with E-state index in [1.165, 1.54) is 33.4 Å². The zero-order valence-corrected chi connectivity index (χ0v) is 18.1. The molecule has 0 saturated carbocycles. The normalized spacial score (nSPS) is 16.0. The molecule has 1 heterocycles. The van der Waals surface area contributed by atoms with Gasteiger partial charge in [0, 0.05) is 13.0 Å². The van der Waals surface area contributed by atoms with Crippen LogP contribution in [0.25, 0.3) is 22.3 Å². The molecule has 3 nitrogen and oxygen atoms in total. The van der Waals surface area contributed by atoms with Gasteiger partial charge in [0.1, 0.15) is 0 Å². The molecule has 0 bridgehead atoms. The Morgan fingerprint density at radius 2 is 1.16 bits per heavy atom. The van der Waals surface area contributed by atoms with Crippen molar-refractivity contribution in [3.63, 3.8) is 0 Å². The van der Waals surface area contributed by atoms with E-state index in [4.69, 9.17) is 0 Å². The van der Waals surface area contributed by atoms with Gasteiger partial charge in [-0.1, -0.05) is 109 Å². The number of likely N-dealkylation sites (N-methyl/N-ethyl adjacent to an activating group) is 1. The highest BCUT2D eigenvalue weighted by Gasteiger charge is 2.35. The van der Waals surface area contributed by atoms with E-state index >= 15 is 0 Å². The number of rotatable bonds is 5. The Labute approximate surface area is 189 Å². The van der Waals surface area contributed by atoms with Crippen molar-refractivity contribution >= 4 is 5.91 Å². The smallest absolute Gasteiger partial charge is 0.237 e. The number of carbonyl (C=O) groups excluding carboxylic acids is 1. The van der Waals surface area contributed by atoms with Gasteiger partial charge in [-0.05, 0) is 33.4 Å². The number of hydrogen-bond acceptors (Lipinski definition) is 2. The van der Waals surface area contributed by atoms with E-state index in [0.29, 0.717) is 6.54 Å². The fourth-order valence-electron chi connectivity index (χ4n) is 4.59. The molecular formula is C29H26N2O. The number of nitrogens with one attached hydrogen (secondary N) is 1. The third-order valence-corrected chi connectivity index (χ3v) is 6.29. The van der Waals surface area contributed by atoms with Gasteiger partial charge in [-0.15, -0.1) is 0 Å². The maximum Gasteiger partial charge on any atom is 0.237 e. The van der Waals surface area contributed by atoms with Crippen LogP contribution in [0.15, 0.2) is 109 Å². The lowest BCUT2D eigenvalue weighted by Gasteiger charge is -2.30. The second-order valence-electron chi connectivity index (χ2n) is 8.29. The second kappa shape index (κ2) is 8.81. The van der Waals surface area contributed by atoms with Crippen molar-refractivity contribution in [1.82, 2.24) is 10.2 Å². The van der Waals surface area contributed by atoms with Crippen LogP contribution in [0.5, 0.6) is 0 Å². The average Bonchev–Trinajstić information content (AvgIpc) is 3.19. The first kappa shape index (κ1) is 20.2. The van der Waals surface area contributed by atoms with Crippen LogP contribution in [0.1, 0.15) is 17.0 Å². The summed E-state index contributed by atoms with van der Waals surface area (Å²) in [6.07, 6.45) is -0.0976. The Bertz CT molecular complexity index is 1140. The van der Waals surface area contributed by atoms with Gasteiger partial charge >= 0.3 is 0 Å². The van der Waals surface area contributed by atoms with Gasteiger partial charge in [0.15, 0.2) is 0 Å². The molecule has 1 atom stereocenters.